The normalized spacial score (nSPS) is 10.4. The molecule has 0 atom stereocenters. The number of nitrogens with one attached hydrogen (secondary N) is 2. The second-order valence-corrected chi connectivity index (χ2v) is 5.96. The van der Waals surface area contributed by atoms with Crippen molar-refractivity contribution in [2.24, 2.45) is 5.10 Å². The molecule has 2 rings (SSSR count). The van der Waals surface area contributed by atoms with Crippen LogP contribution in [0.3, 0.4) is 0 Å². The average molecular weight is 369 g/mol. The fraction of sp³-hybridized carbons (Fsp3) is 0.200. The first-order chi connectivity index (χ1) is 12.6. The largest absolute Gasteiger partial charge is 0.493 e. The summed E-state index contributed by atoms with van der Waals surface area (Å²) in [5.41, 5.74) is 5.93. The highest BCUT2D eigenvalue weighted by Gasteiger charge is 2.05. The Hall–Kier alpha value is -2.86. The summed E-state index contributed by atoms with van der Waals surface area (Å²) in [5.74, 6) is 1.33. The SMILES string of the molecule is C=CCNC(=S)N/N=C\c1ccc(OCc2ccc(C)cc2)c(OC)c1. The maximum Gasteiger partial charge on any atom is 0.187 e. The number of nitrogens with zero attached hydrogens (tertiary/aromatic N) is 1. The van der Waals surface area contributed by atoms with Gasteiger partial charge in [0.25, 0.3) is 0 Å². The number of hydrogen-bond donors (Lipinski definition) is 2. The lowest BCUT2D eigenvalue weighted by Crippen LogP contribution is -2.31. The van der Waals surface area contributed by atoms with Gasteiger partial charge in [-0.25, -0.2) is 0 Å². The third kappa shape index (κ3) is 6.22. The minimum absolute atomic E-state index is 0.436. The minimum Gasteiger partial charge on any atom is -0.493 e. The van der Waals surface area contributed by atoms with Crippen molar-refractivity contribution in [2.45, 2.75) is 13.5 Å². The van der Waals surface area contributed by atoms with Crippen LogP contribution >= 0.6 is 12.2 Å². The maximum absolute atomic E-state index is 5.87. The van der Waals surface area contributed by atoms with Crippen LogP contribution in [0.15, 0.2) is 60.2 Å². The van der Waals surface area contributed by atoms with Crippen LogP contribution in [0.1, 0.15) is 16.7 Å². The van der Waals surface area contributed by atoms with Crippen LogP contribution in [-0.2, 0) is 6.61 Å². The maximum atomic E-state index is 5.87. The minimum atomic E-state index is 0.436. The van der Waals surface area contributed by atoms with Crippen molar-refractivity contribution < 1.29 is 9.47 Å². The molecule has 0 amide bonds. The Balaban J connectivity index is 1.96. The summed E-state index contributed by atoms with van der Waals surface area (Å²) in [7, 11) is 1.61. The van der Waals surface area contributed by atoms with Crippen LogP contribution in [0.4, 0.5) is 0 Å². The summed E-state index contributed by atoms with van der Waals surface area (Å²) in [6, 6.07) is 13.9. The van der Waals surface area contributed by atoms with Crippen LogP contribution in [0.5, 0.6) is 11.5 Å². The van der Waals surface area contributed by atoms with Crippen molar-refractivity contribution in [2.75, 3.05) is 13.7 Å². The summed E-state index contributed by atoms with van der Waals surface area (Å²) in [4.78, 5) is 0. The van der Waals surface area contributed by atoms with Crippen molar-refractivity contribution in [3.05, 3.63) is 71.8 Å². The lowest BCUT2D eigenvalue weighted by atomic mass is 10.2. The fourth-order valence-corrected chi connectivity index (χ4v) is 2.23. The van der Waals surface area contributed by atoms with Crippen LogP contribution in [-0.4, -0.2) is 25.0 Å². The molecule has 26 heavy (non-hydrogen) atoms. The fourth-order valence-electron chi connectivity index (χ4n) is 2.10. The number of thiocarbonyl (C=S) groups is 1. The Labute approximate surface area is 159 Å². The van der Waals surface area contributed by atoms with Gasteiger partial charge in [0.2, 0.25) is 0 Å². The molecule has 0 radical (unpaired) electrons. The summed E-state index contributed by atoms with van der Waals surface area (Å²) < 4.78 is 11.3. The molecular weight excluding hydrogens is 346 g/mol. The molecular formula is C20H23N3O2S. The molecule has 6 heteroatoms. The molecule has 2 N–H and O–H groups in total. The Morgan fingerprint density at radius 3 is 2.65 bits per heavy atom. The molecule has 0 bridgehead atoms. The molecule has 2 aromatic rings. The molecule has 0 heterocycles. The lowest BCUT2D eigenvalue weighted by Gasteiger charge is -2.11. The Morgan fingerprint density at radius 2 is 1.96 bits per heavy atom. The van der Waals surface area contributed by atoms with Crippen LogP contribution in [0, 0.1) is 6.92 Å². The van der Waals surface area contributed by atoms with E-state index in [1.807, 2.05) is 18.2 Å². The highest BCUT2D eigenvalue weighted by atomic mass is 32.1. The molecule has 0 fully saturated rings. The predicted molar refractivity (Wildman–Crippen MR) is 110 cm³/mol. The van der Waals surface area contributed by atoms with Gasteiger partial charge >= 0.3 is 0 Å². The highest BCUT2D eigenvalue weighted by molar-refractivity contribution is 7.80. The van der Waals surface area contributed by atoms with Crippen molar-refractivity contribution in [1.82, 2.24) is 10.7 Å². The van der Waals surface area contributed by atoms with Crippen molar-refractivity contribution in [3.8, 4) is 11.5 Å². The third-order valence-electron chi connectivity index (χ3n) is 3.49. The second-order valence-electron chi connectivity index (χ2n) is 5.55. The van der Waals surface area contributed by atoms with E-state index in [4.69, 9.17) is 21.7 Å². The highest BCUT2D eigenvalue weighted by Crippen LogP contribution is 2.28. The number of methoxy groups -OCH3 is 1. The number of rotatable bonds is 8. The van der Waals surface area contributed by atoms with E-state index in [-0.39, 0.29) is 0 Å². The van der Waals surface area contributed by atoms with Gasteiger partial charge in [-0.05, 0) is 48.5 Å². The number of benzene rings is 2. The second kappa shape index (κ2) is 10.2. The Kier molecular flexibility index (Phi) is 7.64. The van der Waals surface area contributed by atoms with Gasteiger partial charge in [-0.15, -0.1) is 6.58 Å². The van der Waals surface area contributed by atoms with Gasteiger partial charge in [0.05, 0.1) is 13.3 Å². The van der Waals surface area contributed by atoms with E-state index in [9.17, 15) is 0 Å². The number of ether oxygens (including phenoxy) is 2. The van der Waals surface area contributed by atoms with Crippen LogP contribution < -0.4 is 20.2 Å². The molecule has 0 unspecified atom stereocenters. The number of hydrazone groups is 1. The van der Waals surface area contributed by atoms with E-state index in [0.29, 0.717) is 29.8 Å². The summed E-state index contributed by atoms with van der Waals surface area (Å²) in [6.07, 6.45) is 3.38. The Bertz CT molecular complexity index is 773. The molecule has 0 aliphatic heterocycles. The summed E-state index contributed by atoms with van der Waals surface area (Å²) >= 11 is 5.06. The number of aryl methyl sites for hydroxylation is 1. The first-order valence-corrected chi connectivity index (χ1v) is 8.57. The van der Waals surface area contributed by atoms with E-state index in [2.05, 4.69) is 53.6 Å². The van der Waals surface area contributed by atoms with Gasteiger partial charge in [0.1, 0.15) is 6.61 Å². The van der Waals surface area contributed by atoms with Gasteiger partial charge < -0.3 is 14.8 Å². The standard InChI is InChI=1S/C20H23N3O2S/c1-4-11-21-20(26)23-22-13-17-9-10-18(19(12-17)24-3)25-14-16-7-5-15(2)6-8-16/h4-10,12-13H,1,11,14H2,2-3H3,(H2,21,23,26)/b22-13-. The molecule has 0 aromatic heterocycles. The molecule has 0 aliphatic rings. The zero-order valence-corrected chi connectivity index (χ0v) is 15.8. The summed E-state index contributed by atoms with van der Waals surface area (Å²) in [6.45, 7) is 6.74. The topological polar surface area (TPSA) is 54.9 Å². The first kappa shape index (κ1) is 19.5. The van der Waals surface area contributed by atoms with E-state index >= 15 is 0 Å². The third-order valence-corrected chi connectivity index (χ3v) is 3.72. The van der Waals surface area contributed by atoms with E-state index in [1.165, 1.54) is 5.56 Å². The molecule has 2 aromatic carbocycles. The van der Waals surface area contributed by atoms with E-state index in [0.717, 1.165) is 11.1 Å². The summed E-state index contributed by atoms with van der Waals surface area (Å²) in [5, 5.41) is 7.46. The monoisotopic (exact) mass is 369 g/mol. The van der Waals surface area contributed by atoms with E-state index < -0.39 is 0 Å². The van der Waals surface area contributed by atoms with Gasteiger partial charge in [0.15, 0.2) is 16.6 Å². The molecule has 136 valence electrons. The molecule has 0 saturated heterocycles. The van der Waals surface area contributed by atoms with E-state index in [1.54, 1.807) is 19.4 Å². The van der Waals surface area contributed by atoms with Crippen molar-refractivity contribution in [3.63, 3.8) is 0 Å². The molecule has 0 saturated carbocycles. The lowest BCUT2D eigenvalue weighted by molar-refractivity contribution is 0.284. The number of hydrogen-bond acceptors (Lipinski definition) is 4. The molecule has 0 spiro atoms. The molecule has 0 aliphatic carbocycles. The van der Waals surface area contributed by atoms with Crippen molar-refractivity contribution in [1.29, 1.82) is 0 Å². The first-order valence-electron chi connectivity index (χ1n) is 8.16. The van der Waals surface area contributed by atoms with Crippen LogP contribution in [0.25, 0.3) is 0 Å². The Morgan fingerprint density at radius 1 is 1.19 bits per heavy atom. The zero-order chi connectivity index (χ0) is 18.8. The molecule has 5 nitrogen and oxygen atoms in total. The average Bonchev–Trinajstić information content (AvgIpc) is 2.66. The smallest absolute Gasteiger partial charge is 0.187 e. The van der Waals surface area contributed by atoms with Gasteiger partial charge in [-0.1, -0.05) is 35.9 Å². The quantitative estimate of drug-likeness (QED) is 0.322. The van der Waals surface area contributed by atoms with Gasteiger partial charge in [0, 0.05) is 6.54 Å². The van der Waals surface area contributed by atoms with Gasteiger partial charge in [-0.2, -0.15) is 5.10 Å². The van der Waals surface area contributed by atoms with Gasteiger partial charge in [-0.3, -0.25) is 5.43 Å². The van der Waals surface area contributed by atoms with Crippen LogP contribution in [0.2, 0.25) is 0 Å². The zero-order valence-electron chi connectivity index (χ0n) is 15.0. The predicted octanol–water partition coefficient (Wildman–Crippen LogP) is 3.57. The van der Waals surface area contributed by atoms with Crippen molar-refractivity contribution >= 4 is 23.5 Å².